The molecule has 0 aromatic heterocycles. The number of nitrogens with one attached hydrogen (secondary N) is 1. The Morgan fingerprint density at radius 1 is 1.56 bits per heavy atom. The molecule has 0 bridgehead atoms. The molecule has 0 aromatic carbocycles. The van der Waals surface area contributed by atoms with Crippen LogP contribution in [0.4, 0.5) is 0 Å². The fourth-order valence-electron chi connectivity index (χ4n) is 0.590. The number of hydrogen-bond acceptors (Lipinski definition) is 2. The molecular formula is C6H15N2O+. The minimum atomic E-state index is 0.601. The summed E-state index contributed by atoms with van der Waals surface area (Å²) in [7, 11) is 1.89. The first-order valence-electron chi connectivity index (χ1n) is 3.38. The van der Waals surface area contributed by atoms with Crippen molar-refractivity contribution in [3.8, 4) is 0 Å². The van der Waals surface area contributed by atoms with Crippen LogP contribution in [0.3, 0.4) is 0 Å². The van der Waals surface area contributed by atoms with Gasteiger partial charge in [-0.05, 0) is 18.7 Å². The summed E-state index contributed by atoms with van der Waals surface area (Å²) in [4.78, 5) is 10.6. The maximum Gasteiger partial charge on any atom is 0.193 e. The monoisotopic (exact) mass is 131 g/mol. The topological polar surface area (TPSA) is 32.1 Å². The van der Waals surface area contributed by atoms with E-state index in [-0.39, 0.29) is 0 Å². The molecule has 0 saturated heterocycles. The predicted octanol–water partition coefficient (Wildman–Crippen LogP) is 0.395. The molecule has 0 unspecified atom stereocenters. The van der Waals surface area contributed by atoms with Gasteiger partial charge >= 0.3 is 0 Å². The van der Waals surface area contributed by atoms with Crippen molar-refractivity contribution in [1.82, 2.24) is 5.32 Å². The van der Waals surface area contributed by atoms with Crippen molar-refractivity contribution < 1.29 is 4.76 Å². The Bertz CT molecular complexity index is 83.1. The Balaban J connectivity index is 2.97. The molecule has 0 fully saturated rings. The van der Waals surface area contributed by atoms with E-state index < -0.39 is 0 Å². The van der Waals surface area contributed by atoms with Gasteiger partial charge in [-0.15, -0.1) is 0 Å². The largest absolute Gasteiger partial charge is 0.320 e. The molecule has 0 aliphatic carbocycles. The van der Waals surface area contributed by atoms with Crippen molar-refractivity contribution in [2.75, 3.05) is 26.7 Å². The number of nitroso groups, excluding NO2 is 1. The summed E-state index contributed by atoms with van der Waals surface area (Å²) in [5.74, 6) is 0. The van der Waals surface area contributed by atoms with Gasteiger partial charge in [0.1, 0.15) is 0 Å². The molecule has 0 aliphatic heterocycles. The van der Waals surface area contributed by atoms with Gasteiger partial charge in [0, 0.05) is 17.9 Å². The molecule has 3 nitrogen and oxygen atoms in total. The number of hydrogen-bond donors (Lipinski definition) is 1. The van der Waals surface area contributed by atoms with Crippen LogP contribution in [0, 0.1) is 4.91 Å². The van der Waals surface area contributed by atoms with E-state index in [0.717, 1.165) is 17.7 Å². The Morgan fingerprint density at radius 3 is 2.67 bits per heavy atom. The quantitative estimate of drug-likeness (QED) is 0.432. The SMILES string of the molecule is CC[N+](=O)CCCNC. The van der Waals surface area contributed by atoms with E-state index in [1.54, 1.807) is 0 Å². The van der Waals surface area contributed by atoms with Crippen LogP contribution in [0.5, 0.6) is 0 Å². The van der Waals surface area contributed by atoms with E-state index in [0.29, 0.717) is 13.1 Å². The summed E-state index contributed by atoms with van der Waals surface area (Å²) < 4.78 is 1.07. The average molecular weight is 131 g/mol. The highest BCUT2D eigenvalue weighted by molar-refractivity contribution is 4.36. The lowest BCUT2D eigenvalue weighted by Gasteiger charge is -1.91. The second kappa shape index (κ2) is 5.69. The second-order valence-electron chi connectivity index (χ2n) is 1.98. The fourth-order valence-corrected chi connectivity index (χ4v) is 0.590. The zero-order valence-electron chi connectivity index (χ0n) is 6.18. The minimum absolute atomic E-state index is 0.601. The standard InChI is InChI=1S/C6H15N2O/c1-3-8(9)6-4-5-7-2/h7H,3-6H2,1-2H3/q+1. The van der Waals surface area contributed by atoms with Gasteiger partial charge in [0.25, 0.3) is 0 Å². The van der Waals surface area contributed by atoms with Gasteiger partial charge < -0.3 is 5.32 Å². The molecule has 0 aromatic rings. The molecule has 0 atom stereocenters. The lowest BCUT2D eigenvalue weighted by atomic mass is 10.4. The van der Waals surface area contributed by atoms with Crippen molar-refractivity contribution in [2.24, 2.45) is 0 Å². The van der Waals surface area contributed by atoms with Gasteiger partial charge in [-0.1, -0.05) is 0 Å². The molecule has 0 saturated carbocycles. The molecule has 0 heterocycles. The van der Waals surface area contributed by atoms with Crippen LogP contribution in [0.25, 0.3) is 0 Å². The summed E-state index contributed by atoms with van der Waals surface area (Å²) in [6.07, 6.45) is 0.938. The van der Waals surface area contributed by atoms with Crippen LogP contribution in [0.1, 0.15) is 13.3 Å². The van der Waals surface area contributed by atoms with Crippen LogP contribution in [-0.4, -0.2) is 31.4 Å². The molecule has 0 amide bonds. The molecule has 0 rings (SSSR count). The highest BCUT2D eigenvalue weighted by atomic mass is 16.3. The Morgan fingerprint density at radius 2 is 2.22 bits per heavy atom. The van der Waals surface area contributed by atoms with Crippen LogP contribution >= 0.6 is 0 Å². The second-order valence-corrected chi connectivity index (χ2v) is 1.98. The minimum Gasteiger partial charge on any atom is -0.320 e. The first-order chi connectivity index (χ1) is 4.31. The highest BCUT2D eigenvalue weighted by Gasteiger charge is 2.00. The van der Waals surface area contributed by atoms with Crippen LogP contribution in [-0.2, 0) is 0 Å². The molecule has 0 radical (unpaired) electrons. The molecule has 54 valence electrons. The van der Waals surface area contributed by atoms with Gasteiger partial charge in [-0.25, -0.2) is 0 Å². The summed E-state index contributed by atoms with van der Waals surface area (Å²) >= 11 is 0. The van der Waals surface area contributed by atoms with Gasteiger partial charge in [0.2, 0.25) is 0 Å². The van der Waals surface area contributed by atoms with Crippen molar-refractivity contribution >= 4 is 0 Å². The van der Waals surface area contributed by atoms with Crippen LogP contribution < -0.4 is 5.32 Å². The fraction of sp³-hybridized carbons (Fsp3) is 1.00. The van der Waals surface area contributed by atoms with Gasteiger partial charge in [-0.2, -0.15) is 0 Å². The maximum atomic E-state index is 10.6. The molecule has 0 spiro atoms. The average Bonchev–Trinajstić information content (AvgIpc) is 1.89. The van der Waals surface area contributed by atoms with Crippen LogP contribution in [0.2, 0.25) is 0 Å². The summed E-state index contributed by atoms with van der Waals surface area (Å²) in [5, 5.41) is 2.98. The summed E-state index contributed by atoms with van der Waals surface area (Å²) in [6, 6.07) is 0. The number of nitrogens with zero attached hydrogens (tertiary/aromatic N) is 1. The van der Waals surface area contributed by atoms with Gasteiger partial charge in [-0.3, -0.25) is 0 Å². The third-order valence-corrected chi connectivity index (χ3v) is 1.19. The zero-order chi connectivity index (χ0) is 7.11. The molecule has 0 aliphatic rings. The smallest absolute Gasteiger partial charge is 0.193 e. The van der Waals surface area contributed by atoms with E-state index in [1.165, 1.54) is 0 Å². The number of rotatable bonds is 5. The predicted molar refractivity (Wildman–Crippen MR) is 37.6 cm³/mol. The molecule has 1 N–H and O–H groups in total. The normalized spacial score (nSPS) is 9.56. The molecular weight excluding hydrogens is 116 g/mol. The molecule has 3 heteroatoms. The van der Waals surface area contributed by atoms with E-state index in [1.807, 2.05) is 14.0 Å². The van der Waals surface area contributed by atoms with Crippen molar-refractivity contribution in [1.29, 1.82) is 0 Å². The van der Waals surface area contributed by atoms with Crippen molar-refractivity contribution in [2.45, 2.75) is 13.3 Å². The van der Waals surface area contributed by atoms with E-state index >= 15 is 0 Å². The summed E-state index contributed by atoms with van der Waals surface area (Å²) in [6.45, 7) is 4.05. The maximum absolute atomic E-state index is 10.6. The zero-order valence-corrected chi connectivity index (χ0v) is 6.18. The third-order valence-electron chi connectivity index (χ3n) is 1.19. The van der Waals surface area contributed by atoms with Gasteiger partial charge in [0.15, 0.2) is 13.1 Å². The lowest BCUT2D eigenvalue weighted by Crippen LogP contribution is -2.15. The van der Waals surface area contributed by atoms with Gasteiger partial charge in [0.05, 0.1) is 0 Å². The van der Waals surface area contributed by atoms with E-state index in [4.69, 9.17) is 0 Å². The first kappa shape index (κ1) is 8.56. The highest BCUT2D eigenvalue weighted by Crippen LogP contribution is 1.78. The van der Waals surface area contributed by atoms with E-state index in [2.05, 4.69) is 5.32 Å². The summed E-state index contributed by atoms with van der Waals surface area (Å²) in [5.41, 5.74) is 0. The Kier molecular flexibility index (Phi) is 5.41. The third kappa shape index (κ3) is 5.43. The Labute approximate surface area is 56.0 Å². The molecule has 9 heavy (non-hydrogen) atoms. The first-order valence-corrected chi connectivity index (χ1v) is 3.38. The Hall–Kier alpha value is -0.440. The lowest BCUT2D eigenvalue weighted by molar-refractivity contribution is -0.545. The van der Waals surface area contributed by atoms with Crippen molar-refractivity contribution in [3.63, 3.8) is 0 Å². The van der Waals surface area contributed by atoms with Crippen molar-refractivity contribution in [3.05, 3.63) is 4.91 Å². The van der Waals surface area contributed by atoms with E-state index in [9.17, 15) is 4.91 Å². The van der Waals surface area contributed by atoms with Crippen LogP contribution in [0.15, 0.2) is 0 Å².